The van der Waals surface area contributed by atoms with Gasteiger partial charge in [-0.05, 0) is 30.2 Å². The third-order valence-corrected chi connectivity index (χ3v) is 5.90. The van der Waals surface area contributed by atoms with E-state index in [1.54, 1.807) is 11.3 Å². The van der Waals surface area contributed by atoms with E-state index >= 15 is 0 Å². The second-order valence-electron chi connectivity index (χ2n) is 6.81. The van der Waals surface area contributed by atoms with Crippen LogP contribution in [0.5, 0.6) is 11.5 Å². The van der Waals surface area contributed by atoms with Crippen molar-refractivity contribution in [3.05, 3.63) is 45.6 Å². The van der Waals surface area contributed by atoms with Gasteiger partial charge in [0.25, 0.3) is 5.91 Å². The molecule has 1 amide bonds. The summed E-state index contributed by atoms with van der Waals surface area (Å²) in [5.74, 6) is 1.82. The van der Waals surface area contributed by atoms with Crippen molar-refractivity contribution in [3.63, 3.8) is 0 Å². The molecule has 0 radical (unpaired) electrons. The normalized spacial score (nSPS) is 16.9. The lowest BCUT2D eigenvalue weighted by Gasteiger charge is -2.34. The van der Waals surface area contributed by atoms with Gasteiger partial charge in [-0.3, -0.25) is 9.69 Å². The highest BCUT2D eigenvalue weighted by Gasteiger charge is 2.23. The number of carbonyl (C=O) groups excluding carboxylic acids is 1. The first kappa shape index (κ1) is 17.4. The van der Waals surface area contributed by atoms with Gasteiger partial charge in [0.2, 0.25) is 6.79 Å². The van der Waals surface area contributed by atoms with Gasteiger partial charge in [-0.1, -0.05) is 19.4 Å². The summed E-state index contributed by atoms with van der Waals surface area (Å²) in [4.78, 5) is 18.4. The zero-order valence-corrected chi connectivity index (χ0v) is 15.9. The topological polar surface area (TPSA) is 42.0 Å². The van der Waals surface area contributed by atoms with E-state index in [0.717, 1.165) is 62.6 Å². The molecule has 1 aromatic carbocycles. The highest BCUT2D eigenvalue weighted by molar-refractivity contribution is 7.10. The molecular formula is C20H24N2O3S. The minimum Gasteiger partial charge on any atom is -0.454 e. The number of hydrogen-bond donors (Lipinski definition) is 0. The molecule has 1 saturated heterocycles. The average Bonchev–Trinajstić information content (AvgIpc) is 3.31. The quantitative estimate of drug-likeness (QED) is 0.807. The number of thiophene rings is 1. The predicted molar refractivity (Wildman–Crippen MR) is 102 cm³/mol. The zero-order chi connectivity index (χ0) is 17.9. The van der Waals surface area contributed by atoms with Gasteiger partial charge < -0.3 is 14.4 Å². The number of rotatable bonds is 5. The van der Waals surface area contributed by atoms with Crippen LogP contribution in [0.2, 0.25) is 0 Å². The highest BCUT2D eigenvalue weighted by atomic mass is 32.1. The van der Waals surface area contributed by atoms with Crippen molar-refractivity contribution in [1.82, 2.24) is 9.80 Å². The Labute approximate surface area is 158 Å². The Bertz CT molecular complexity index is 781. The summed E-state index contributed by atoms with van der Waals surface area (Å²) < 4.78 is 10.8. The fourth-order valence-electron chi connectivity index (χ4n) is 3.46. The molecule has 0 spiro atoms. The van der Waals surface area contributed by atoms with Crippen LogP contribution in [0, 0.1) is 0 Å². The lowest BCUT2D eigenvalue weighted by molar-refractivity contribution is 0.0629. The van der Waals surface area contributed by atoms with Crippen molar-refractivity contribution in [3.8, 4) is 11.5 Å². The number of carbonyl (C=O) groups is 1. The SMILES string of the molecule is CCCc1cc(C(=O)N2CCN(Cc3ccc4c(c3)OCO4)CC2)cs1. The summed E-state index contributed by atoms with van der Waals surface area (Å²) in [6.07, 6.45) is 2.17. The summed E-state index contributed by atoms with van der Waals surface area (Å²) in [6.45, 7) is 6.70. The van der Waals surface area contributed by atoms with Crippen LogP contribution in [0.4, 0.5) is 0 Å². The first-order valence-corrected chi connectivity index (χ1v) is 10.1. The third kappa shape index (κ3) is 3.71. The van der Waals surface area contributed by atoms with Crippen LogP contribution < -0.4 is 9.47 Å². The molecule has 0 aliphatic carbocycles. The molecular weight excluding hydrogens is 348 g/mol. The molecule has 2 aliphatic rings. The molecule has 0 N–H and O–H groups in total. The van der Waals surface area contributed by atoms with Gasteiger partial charge in [0.05, 0.1) is 5.56 Å². The second-order valence-corrected chi connectivity index (χ2v) is 7.80. The van der Waals surface area contributed by atoms with Crippen LogP contribution in [-0.4, -0.2) is 48.7 Å². The maximum absolute atomic E-state index is 12.7. The molecule has 0 saturated carbocycles. The molecule has 26 heavy (non-hydrogen) atoms. The van der Waals surface area contributed by atoms with Crippen LogP contribution in [0.1, 0.15) is 34.1 Å². The molecule has 0 unspecified atom stereocenters. The predicted octanol–water partition coefficient (Wildman–Crippen LogP) is 3.39. The maximum Gasteiger partial charge on any atom is 0.254 e. The van der Waals surface area contributed by atoms with E-state index in [1.165, 1.54) is 10.4 Å². The first-order chi connectivity index (χ1) is 12.7. The summed E-state index contributed by atoms with van der Waals surface area (Å²) >= 11 is 1.70. The Morgan fingerprint density at radius 2 is 1.92 bits per heavy atom. The standard InChI is InChI=1S/C20H24N2O3S/c1-2-3-17-11-16(13-26-17)20(23)22-8-6-21(7-9-22)12-15-4-5-18-19(10-15)25-14-24-18/h4-5,10-11,13H,2-3,6-9,12,14H2,1H3. The Hall–Kier alpha value is -2.05. The Balaban J connectivity index is 1.31. The largest absolute Gasteiger partial charge is 0.454 e. The van der Waals surface area contributed by atoms with E-state index in [0.29, 0.717) is 6.79 Å². The van der Waals surface area contributed by atoms with Crippen molar-refractivity contribution in [2.45, 2.75) is 26.3 Å². The van der Waals surface area contributed by atoms with E-state index in [9.17, 15) is 4.79 Å². The summed E-state index contributed by atoms with van der Waals surface area (Å²) in [5.41, 5.74) is 2.07. The van der Waals surface area contributed by atoms with Gasteiger partial charge in [0.1, 0.15) is 0 Å². The third-order valence-electron chi connectivity index (χ3n) is 4.90. The number of piperazine rings is 1. The van der Waals surface area contributed by atoms with Gasteiger partial charge in [-0.25, -0.2) is 0 Å². The van der Waals surface area contributed by atoms with Crippen LogP contribution in [0.15, 0.2) is 29.6 Å². The fraction of sp³-hybridized carbons (Fsp3) is 0.450. The number of fused-ring (bicyclic) bond motifs is 1. The van der Waals surface area contributed by atoms with Crippen molar-refractivity contribution < 1.29 is 14.3 Å². The van der Waals surface area contributed by atoms with Crippen LogP contribution in [0.3, 0.4) is 0 Å². The number of nitrogens with zero attached hydrogens (tertiary/aromatic N) is 2. The first-order valence-electron chi connectivity index (χ1n) is 9.20. The van der Waals surface area contributed by atoms with Gasteiger partial charge >= 0.3 is 0 Å². The van der Waals surface area contributed by atoms with Gasteiger partial charge in [-0.2, -0.15) is 0 Å². The molecule has 2 aromatic rings. The number of ether oxygens (including phenoxy) is 2. The minimum atomic E-state index is 0.173. The zero-order valence-electron chi connectivity index (χ0n) is 15.1. The number of amides is 1. The van der Waals surface area contributed by atoms with Crippen molar-refractivity contribution >= 4 is 17.2 Å². The average molecular weight is 372 g/mol. The molecule has 138 valence electrons. The molecule has 5 nitrogen and oxygen atoms in total. The van der Waals surface area contributed by atoms with E-state index in [-0.39, 0.29) is 5.91 Å². The van der Waals surface area contributed by atoms with Crippen molar-refractivity contribution in [2.24, 2.45) is 0 Å². The lowest BCUT2D eigenvalue weighted by atomic mass is 10.1. The van der Waals surface area contributed by atoms with E-state index in [1.807, 2.05) is 16.3 Å². The summed E-state index contributed by atoms with van der Waals surface area (Å²) in [7, 11) is 0. The summed E-state index contributed by atoms with van der Waals surface area (Å²) in [6, 6.07) is 8.18. The van der Waals surface area contributed by atoms with Crippen LogP contribution in [0.25, 0.3) is 0 Å². The number of hydrogen-bond acceptors (Lipinski definition) is 5. The molecule has 0 atom stereocenters. The smallest absolute Gasteiger partial charge is 0.254 e. The van der Waals surface area contributed by atoms with Gasteiger partial charge in [0.15, 0.2) is 11.5 Å². The molecule has 1 fully saturated rings. The van der Waals surface area contributed by atoms with E-state index in [4.69, 9.17) is 9.47 Å². The number of benzene rings is 1. The Morgan fingerprint density at radius 1 is 1.12 bits per heavy atom. The fourth-order valence-corrected chi connectivity index (χ4v) is 4.42. The molecule has 1 aromatic heterocycles. The van der Waals surface area contributed by atoms with Crippen molar-refractivity contribution in [2.75, 3.05) is 33.0 Å². The monoisotopic (exact) mass is 372 g/mol. The van der Waals surface area contributed by atoms with E-state index < -0.39 is 0 Å². The van der Waals surface area contributed by atoms with E-state index in [2.05, 4.69) is 30.0 Å². The molecule has 3 heterocycles. The van der Waals surface area contributed by atoms with Crippen LogP contribution in [-0.2, 0) is 13.0 Å². The number of aryl methyl sites for hydroxylation is 1. The molecule has 0 bridgehead atoms. The Kier molecular flexibility index (Phi) is 5.13. The highest BCUT2D eigenvalue weighted by Crippen LogP contribution is 2.32. The van der Waals surface area contributed by atoms with Gasteiger partial charge in [0, 0.05) is 43.0 Å². The van der Waals surface area contributed by atoms with Gasteiger partial charge in [-0.15, -0.1) is 11.3 Å². The summed E-state index contributed by atoms with van der Waals surface area (Å²) in [5, 5.41) is 2.01. The molecule has 2 aliphatic heterocycles. The van der Waals surface area contributed by atoms with Crippen molar-refractivity contribution in [1.29, 1.82) is 0 Å². The maximum atomic E-state index is 12.7. The Morgan fingerprint density at radius 3 is 2.73 bits per heavy atom. The molecule has 4 rings (SSSR count). The minimum absolute atomic E-state index is 0.173. The van der Waals surface area contributed by atoms with Crippen LogP contribution >= 0.6 is 11.3 Å². The lowest BCUT2D eigenvalue weighted by Crippen LogP contribution is -2.48. The second kappa shape index (κ2) is 7.68. The molecule has 6 heteroatoms.